The Kier molecular flexibility index (Phi) is 5.75. The van der Waals surface area contributed by atoms with Crippen molar-refractivity contribution in [3.8, 4) is 0 Å². The molecule has 1 aliphatic rings. The van der Waals surface area contributed by atoms with Gasteiger partial charge in [0, 0.05) is 45.1 Å². The molecule has 0 unspecified atom stereocenters. The number of aromatic nitrogens is 2. The topological polar surface area (TPSA) is 78.4 Å². The van der Waals surface area contributed by atoms with E-state index in [0.29, 0.717) is 44.6 Å². The third kappa shape index (κ3) is 4.21. The van der Waals surface area contributed by atoms with E-state index in [9.17, 15) is 9.59 Å². The zero-order chi connectivity index (χ0) is 17.7. The average Bonchev–Trinajstić information content (AvgIpc) is 2.59. The highest BCUT2D eigenvalue weighted by Gasteiger charge is 2.40. The fourth-order valence-electron chi connectivity index (χ4n) is 2.57. The lowest BCUT2D eigenvalue weighted by atomic mass is 9.89. The van der Waals surface area contributed by atoms with Crippen molar-refractivity contribution in [1.29, 1.82) is 0 Å². The largest absolute Gasteiger partial charge is 0.355 e. The maximum atomic E-state index is 12.8. The van der Waals surface area contributed by atoms with Gasteiger partial charge in [-0.15, -0.1) is 0 Å². The van der Waals surface area contributed by atoms with Crippen molar-refractivity contribution in [3.05, 3.63) is 18.5 Å². The van der Waals surface area contributed by atoms with Crippen LogP contribution in [0.15, 0.2) is 18.5 Å². The zero-order valence-electron chi connectivity index (χ0n) is 15.0. The molecule has 0 atom stereocenters. The minimum Gasteiger partial charge on any atom is -0.355 e. The van der Waals surface area contributed by atoms with E-state index in [1.165, 1.54) is 0 Å². The van der Waals surface area contributed by atoms with Gasteiger partial charge < -0.3 is 15.1 Å². The third-order valence-corrected chi connectivity index (χ3v) is 4.18. The van der Waals surface area contributed by atoms with Crippen LogP contribution in [0.25, 0.3) is 0 Å². The number of carbonyl (C=O) groups excluding carboxylic acids is 2. The molecule has 1 aromatic heterocycles. The van der Waals surface area contributed by atoms with Gasteiger partial charge in [0.1, 0.15) is 5.41 Å². The zero-order valence-corrected chi connectivity index (χ0v) is 15.0. The first-order valence-electron chi connectivity index (χ1n) is 8.42. The summed E-state index contributed by atoms with van der Waals surface area (Å²) in [4.78, 5) is 37.4. The van der Waals surface area contributed by atoms with Gasteiger partial charge in [-0.1, -0.05) is 13.8 Å². The Hall–Kier alpha value is -2.18. The molecule has 0 bridgehead atoms. The second-order valence-electron chi connectivity index (χ2n) is 7.06. The van der Waals surface area contributed by atoms with Gasteiger partial charge in [-0.3, -0.25) is 9.59 Å². The van der Waals surface area contributed by atoms with E-state index < -0.39 is 5.41 Å². The van der Waals surface area contributed by atoms with Crippen molar-refractivity contribution in [1.82, 2.24) is 20.2 Å². The molecule has 0 aromatic carbocycles. The number of carbonyl (C=O) groups is 2. The summed E-state index contributed by atoms with van der Waals surface area (Å²) >= 11 is 0. The Balaban J connectivity index is 1.93. The summed E-state index contributed by atoms with van der Waals surface area (Å²) < 4.78 is 0. The molecular formula is C17H27N5O2. The molecule has 7 nitrogen and oxygen atoms in total. The summed E-state index contributed by atoms with van der Waals surface area (Å²) in [6.45, 7) is 10.5. The second-order valence-corrected chi connectivity index (χ2v) is 7.06. The van der Waals surface area contributed by atoms with E-state index in [1.54, 1.807) is 37.2 Å². The highest BCUT2D eigenvalue weighted by Crippen LogP contribution is 2.21. The number of nitrogens with one attached hydrogen (secondary N) is 1. The van der Waals surface area contributed by atoms with E-state index in [1.807, 2.05) is 13.8 Å². The van der Waals surface area contributed by atoms with Crippen LogP contribution in [0, 0.1) is 11.3 Å². The lowest BCUT2D eigenvalue weighted by Crippen LogP contribution is -2.56. The smallest absolute Gasteiger partial charge is 0.237 e. The molecule has 7 heteroatoms. The number of piperazine rings is 1. The van der Waals surface area contributed by atoms with Gasteiger partial charge in [-0.25, -0.2) is 9.97 Å². The molecule has 1 saturated heterocycles. The van der Waals surface area contributed by atoms with Crippen LogP contribution in [0.4, 0.5) is 5.95 Å². The maximum Gasteiger partial charge on any atom is 0.237 e. The minimum absolute atomic E-state index is 0.127. The molecule has 0 radical (unpaired) electrons. The quantitative estimate of drug-likeness (QED) is 0.811. The Labute approximate surface area is 143 Å². The van der Waals surface area contributed by atoms with Gasteiger partial charge in [0.2, 0.25) is 17.8 Å². The monoisotopic (exact) mass is 333 g/mol. The van der Waals surface area contributed by atoms with Crippen molar-refractivity contribution in [3.63, 3.8) is 0 Å². The van der Waals surface area contributed by atoms with E-state index in [2.05, 4.69) is 20.2 Å². The number of nitrogens with zero attached hydrogens (tertiary/aromatic N) is 4. The van der Waals surface area contributed by atoms with Crippen molar-refractivity contribution in [2.45, 2.75) is 27.7 Å². The molecule has 0 aliphatic carbocycles. The summed E-state index contributed by atoms with van der Waals surface area (Å²) in [5.74, 6) is 0.695. The van der Waals surface area contributed by atoms with Crippen molar-refractivity contribution in [2.24, 2.45) is 11.3 Å². The predicted octanol–water partition coefficient (Wildman–Crippen LogP) is 0.924. The summed E-state index contributed by atoms with van der Waals surface area (Å²) in [6, 6.07) is 1.78. The Bertz CT molecular complexity index is 566. The lowest BCUT2D eigenvalue weighted by Gasteiger charge is -2.38. The van der Waals surface area contributed by atoms with Crippen molar-refractivity contribution in [2.75, 3.05) is 37.6 Å². The van der Waals surface area contributed by atoms with Gasteiger partial charge in [0.15, 0.2) is 0 Å². The van der Waals surface area contributed by atoms with E-state index in [-0.39, 0.29) is 11.8 Å². The van der Waals surface area contributed by atoms with Gasteiger partial charge in [0.05, 0.1) is 0 Å². The molecule has 0 spiro atoms. The molecule has 2 amide bonds. The molecule has 1 aliphatic heterocycles. The molecule has 2 heterocycles. The SMILES string of the molecule is CC(C)CNC(=O)C(C)(C)C(=O)N1CCN(c2ncccn2)CC1. The molecule has 1 fully saturated rings. The first-order chi connectivity index (χ1) is 11.3. The van der Waals surface area contributed by atoms with Crippen LogP contribution in [0.1, 0.15) is 27.7 Å². The lowest BCUT2D eigenvalue weighted by molar-refractivity contribution is -0.148. The fraction of sp³-hybridized carbons (Fsp3) is 0.647. The van der Waals surface area contributed by atoms with E-state index in [0.717, 1.165) is 0 Å². The maximum absolute atomic E-state index is 12.8. The molecule has 1 aromatic rings. The Morgan fingerprint density at radius 1 is 1.17 bits per heavy atom. The van der Waals surface area contributed by atoms with Gasteiger partial charge in [-0.05, 0) is 25.8 Å². The van der Waals surface area contributed by atoms with Crippen LogP contribution in [-0.4, -0.2) is 59.4 Å². The van der Waals surface area contributed by atoms with Crippen LogP contribution in [0.2, 0.25) is 0 Å². The van der Waals surface area contributed by atoms with Gasteiger partial charge in [0.25, 0.3) is 0 Å². The number of amides is 2. The molecule has 0 saturated carbocycles. The minimum atomic E-state index is -1.06. The molecule has 1 N–H and O–H groups in total. The van der Waals surface area contributed by atoms with Crippen LogP contribution >= 0.6 is 0 Å². The number of hydrogen-bond acceptors (Lipinski definition) is 5. The Morgan fingerprint density at radius 2 is 1.75 bits per heavy atom. The normalized spacial score (nSPS) is 15.5. The van der Waals surface area contributed by atoms with Crippen LogP contribution in [0.5, 0.6) is 0 Å². The summed E-state index contributed by atoms with van der Waals surface area (Å²) in [5.41, 5.74) is -1.06. The Morgan fingerprint density at radius 3 is 2.29 bits per heavy atom. The summed E-state index contributed by atoms with van der Waals surface area (Å²) in [5, 5.41) is 2.86. The van der Waals surface area contributed by atoms with Gasteiger partial charge in [-0.2, -0.15) is 0 Å². The number of anilines is 1. The third-order valence-electron chi connectivity index (χ3n) is 4.18. The first-order valence-corrected chi connectivity index (χ1v) is 8.42. The number of rotatable bonds is 5. The average molecular weight is 333 g/mol. The van der Waals surface area contributed by atoms with Gasteiger partial charge >= 0.3 is 0 Å². The molecule has 2 rings (SSSR count). The van der Waals surface area contributed by atoms with Crippen LogP contribution in [0.3, 0.4) is 0 Å². The van der Waals surface area contributed by atoms with E-state index >= 15 is 0 Å². The van der Waals surface area contributed by atoms with Crippen molar-refractivity contribution >= 4 is 17.8 Å². The standard InChI is InChI=1S/C17H27N5O2/c1-13(2)12-20-14(23)17(3,4)15(24)21-8-10-22(11-9-21)16-18-6-5-7-19-16/h5-7,13H,8-12H2,1-4H3,(H,20,23). The fourth-order valence-corrected chi connectivity index (χ4v) is 2.57. The number of hydrogen-bond donors (Lipinski definition) is 1. The molecule has 132 valence electrons. The molecule has 24 heavy (non-hydrogen) atoms. The summed E-state index contributed by atoms with van der Waals surface area (Å²) in [6.07, 6.45) is 3.42. The highest BCUT2D eigenvalue weighted by molar-refractivity contribution is 6.04. The van der Waals surface area contributed by atoms with Crippen LogP contribution < -0.4 is 10.2 Å². The predicted molar refractivity (Wildman–Crippen MR) is 92.5 cm³/mol. The molecular weight excluding hydrogens is 306 g/mol. The van der Waals surface area contributed by atoms with E-state index in [4.69, 9.17) is 0 Å². The van der Waals surface area contributed by atoms with Crippen LogP contribution in [-0.2, 0) is 9.59 Å². The summed E-state index contributed by atoms with van der Waals surface area (Å²) in [7, 11) is 0. The first kappa shape index (κ1) is 18.2. The highest BCUT2D eigenvalue weighted by atomic mass is 16.2. The van der Waals surface area contributed by atoms with Crippen molar-refractivity contribution < 1.29 is 9.59 Å². The second kappa shape index (κ2) is 7.59.